The first-order chi connectivity index (χ1) is 15.5. The highest BCUT2D eigenvalue weighted by molar-refractivity contribution is 6.30. The number of aromatic nitrogens is 2. The van der Waals surface area contributed by atoms with Crippen molar-refractivity contribution in [3.63, 3.8) is 0 Å². The molecule has 1 aromatic heterocycles. The fraction of sp³-hybridized carbons (Fsp3) is 0.560. The van der Waals surface area contributed by atoms with Crippen LogP contribution in [0.25, 0.3) is 11.3 Å². The maximum atomic E-state index is 13.3. The molecular weight excluding hydrogens is 424 g/mol. The van der Waals surface area contributed by atoms with Crippen LogP contribution in [0.4, 0.5) is 0 Å². The zero-order valence-electron chi connectivity index (χ0n) is 19.1. The molecule has 0 N–H and O–H groups in total. The second-order valence-electron chi connectivity index (χ2n) is 9.26. The summed E-state index contributed by atoms with van der Waals surface area (Å²) in [5.41, 5.74) is 2.27. The van der Waals surface area contributed by atoms with Crippen molar-refractivity contribution in [2.75, 3.05) is 26.2 Å². The van der Waals surface area contributed by atoms with Crippen LogP contribution in [-0.4, -0.2) is 57.6 Å². The number of benzene rings is 1. The van der Waals surface area contributed by atoms with E-state index in [1.54, 1.807) is 4.90 Å². The Labute approximate surface area is 195 Å². The van der Waals surface area contributed by atoms with Crippen molar-refractivity contribution in [2.45, 2.75) is 58.4 Å². The third-order valence-corrected chi connectivity index (χ3v) is 7.01. The second kappa shape index (κ2) is 10.1. The number of carbonyl (C=O) groups is 2. The fourth-order valence-electron chi connectivity index (χ4n) is 4.67. The summed E-state index contributed by atoms with van der Waals surface area (Å²) in [6.45, 7) is 6.69. The molecule has 0 aliphatic carbocycles. The molecule has 7 heteroatoms. The number of piperidine rings is 1. The van der Waals surface area contributed by atoms with E-state index in [0.717, 1.165) is 62.9 Å². The summed E-state index contributed by atoms with van der Waals surface area (Å²) < 4.78 is 1.89. The topological polar surface area (TPSA) is 58.4 Å². The molecule has 2 aromatic rings. The van der Waals surface area contributed by atoms with Gasteiger partial charge in [-0.1, -0.05) is 56.8 Å². The average Bonchev–Trinajstić information content (AvgIpc) is 3.24. The van der Waals surface area contributed by atoms with Gasteiger partial charge in [0.1, 0.15) is 12.2 Å². The maximum Gasteiger partial charge on any atom is 0.272 e. The first kappa shape index (κ1) is 22.8. The molecule has 2 aliphatic rings. The first-order valence-corrected chi connectivity index (χ1v) is 12.3. The van der Waals surface area contributed by atoms with Crippen LogP contribution in [0.3, 0.4) is 0 Å². The predicted molar refractivity (Wildman–Crippen MR) is 127 cm³/mol. The minimum absolute atomic E-state index is 0.0587. The summed E-state index contributed by atoms with van der Waals surface area (Å²) >= 11 is 6.03. The van der Waals surface area contributed by atoms with Gasteiger partial charge in [-0.25, -0.2) is 0 Å². The van der Waals surface area contributed by atoms with Crippen LogP contribution >= 0.6 is 11.6 Å². The van der Waals surface area contributed by atoms with Crippen molar-refractivity contribution >= 4 is 23.4 Å². The Morgan fingerprint density at radius 2 is 1.88 bits per heavy atom. The Morgan fingerprint density at radius 3 is 2.56 bits per heavy atom. The number of likely N-dealkylation sites (tertiary alicyclic amines) is 1. The molecule has 6 nitrogen and oxygen atoms in total. The van der Waals surface area contributed by atoms with Crippen molar-refractivity contribution < 1.29 is 9.59 Å². The van der Waals surface area contributed by atoms with E-state index >= 15 is 0 Å². The number of nitrogens with zero attached hydrogens (tertiary/aromatic N) is 4. The van der Waals surface area contributed by atoms with Crippen LogP contribution in [-0.2, 0) is 4.79 Å². The third kappa shape index (κ3) is 5.01. The molecular formula is C25H33ClN4O2. The minimum atomic E-state index is -0.108. The lowest BCUT2D eigenvalue weighted by molar-refractivity contribution is -0.133. The van der Waals surface area contributed by atoms with Crippen LogP contribution < -0.4 is 0 Å². The van der Waals surface area contributed by atoms with Crippen molar-refractivity contribution in [1.29, 1.82) is 0 Å². The van der Waals surface area contributed by atoms with E-state index in [0.29, 0.717) is 23.2 Å². The number of amides is 2. The lowest BCUT2D eigenvalue weighted by atomic mass is 9.99. The summed E-state index contributed by atoms with van der Waals surface area (Å²) in [5.74, 6) is 0.617. The van der Waals surface area contributed by atoms with Gasteiger partial charge in [0.25, 0.3) is 5.91 Å². The lowest BCUT2D eigenvalue weighted by Crippen LogP contribution is -2.49. The number of hydrogen-bond donors (Lipinski definition) is 0. The highest BCUT2D eigenvalue weighted by Crippen LogP contribution is 2.30. The van der Waals surface area contributed by atoms with E-state index < -0.39 is 0 Å². The van der Waals surface area contributed by atoms with Gasteiger partial charge >= 0.3 is 0 Å². The van der Waals surface area contributed by atoms with Gasteiger partial charge in [0, 0.05) is 30.2 Å². The van der Waals surface area contributed by atoms with E-state index in [2.05, 4.69) is 13.8 Å². The molecule has 2 aliphatic heterocycles. The van der Waals surface area contributed by atoms with E-state index in [1.165, 1.54) is 0 Å². The molecule has 1 atom stereocenters. The molecule has 1 unspecified atom stereocenters. The molecule has 1 saturated heterocycles. The smallest absolute Gasteiger partial charge is 0.272 e. The summed E-state index contributed by atoms with van der Waals surface area (Å²) in [6, 6.07) is 9.46. The second-order valence-corrected chi connectivity index (χ2v) is 9.70. The predicted octanol–water partition coefficient (Wildman–Crippen LogP) is 5.04. The SMILES string of the molecule is CCCCCC1CN(CC(=O)N2CCC(C)CC2)C(=O)c2cc(-c3ccc(Cl)cc3)nn21. The molecule has 0 spiro atoms. The number of fused-ring (bicyclic) bond motifs is 1. The van der Waals surface area contributed by atoms with Gasteiger partial charge in [0.15, 0.2) is 0 Å². The van der Waals surface area contributed by atoms with Gasteiger partial charge in [-0.2, -0.15) is 5.10 Å². The van der Waals surface area contributed by atoms with Gasteiger partial charge in [-0.05, 0) is 43.4 Å². The molecule has 1 fully saturated rings. The summed E-state index contributed by atoms with van der Waals surface area (Å²) in [4.78, 5) is 29.9. The maximum absolute atomic E-state index is 13.3. The monoisotopic (exact) mass is 456 g/mol. The quantitative estimate of drug-likeness (QED) is 0.548. The fourth-order valence-corrected chi connectivity index (χ4v) is 4.80. The largest absolute Gasteiger partial charge is 0.341 e. The Kier molecular flexibility index (Phi) is 7.19. The number of halogens is 1. The third-order valence-electron chi connectivity index (χ3n) is 6.76. The Bertz CT molecular complexity index is 947. The van der Waals surface area contributed by atoms with Crippen LogP contribution in [0.1, 0.15) is 68.9 Å². The van der Waals surface area contributed by atoms with E-state index in [4.69, 9.17) is 16.7 Å². The normalized spacial score (nSPS) is 19.3. The average molecular weight is 457 g/mol. The van der Waals surface area contributed by atoms with E-state index in [-0.39, 0.29) is 24.4 Å². The van der Waals surface area contributed by atoms with E-state index in [9.17, 15) is 9.59 Å². The van der Waals surface area contributed by atoms with Crippen LogP contribution in [0.15, 0.2) is 30.3 Å². The van der Waals surface area contributed by atoms with Crippen LogP contribution in [0.5, 0.6) is 0 Å². The molecule has 32 heavy (non-hydrogen) atoms. The molecule has 4 rings (SSSR count). The lowest BCUT2D eigenvalue weighted by Gasteiger charge is -2.36. The first-order valence-electron chi connectivity index (χ1n) is 11.9. The van der Waals surface area contributed by atoms with E-state index in [1.807, 2.05) is 39.9 Å². The molecule has 172 valence electrons. The van der Waals surface area contributed by atoms with Gasteiger partial charge in [0.05, 0.1) is 11.7 Å². The Hall–Kier alpha value is -2.34. The molecule has 0 saturated carbocycles. The van der Waals surface area contributed by atoms with Gasteiger partial charge < -0.3 is 9.80 Å². The van der Waals surface area contributed by atoms with Crippen molar-refractivity contribution in [2.24, 2.45) is 5.92 Å². The molecule has 1 aromatic carbocycles. The van der Waals surface area contributed by atoms with Gasteiger partial charge in [-0.3, -0.25) is 14.3 Å². The Morgan fingerprint density at radius 1 is 1.16 bits per heavy atom. The van der Waals surface area contributed by atoms with Crippen molar-refractivity contribution in [3.05, 3.63) is 41.0 Å². The number of hydrogen-bond acceptors (Lipinski definition) is 3. The van der Waals surface area contributed by atoms with Gasteiger partial charge in [-0.15, -0.1) is 0 Å². The molecule has 0 radical (unpaired) electrons. The van der Waals surface area contributed by atoms with Gasteiger partial charge in [0.2, 0.25) is 5.91 Å². The minimum Gasteiger partial charge on any atom is -0.341 e. The zero-order valence-corrected chi connectivity index (χ0v) is 19.9. The van der Waals surface area contributed by atoms with Crippen molar-refractivity contribution in [1.82, 2.24) is 19.6 Å². The highest BCUT2D eigenvalue weighted by atomic mass is 35.5. The summed E-state index contributed by atoms with van der Waals surface area (Å²) in [6.07, 6.45) is 6.39. The number of unbranched alkanes of at least 4 members (excludes halogenated alkanes) is 2. The molecule has 2 amide bonds. The van der Waals surface area contributed by atoms with Crippen molar-refractivity contribution in [3.8, 4) is 11.3 Å². The number of carbonyl (C=O) groups excluding carboxylic acids is 2. The number of rotatable bonds is 7. The summed E-state index contributed by atoms with van der Waals surface area (Å²) in [5, 5.41) is 5.47. The summed E-state index contributed by atoms with van der Waals surface area (Å²) in [7, 11) is 0. The standard InChI is InChI=1S/C25H33ClN4O2/c1-3-4-5-6-21-16-29(17-24(31)28-13-11-18(2)12-14-28)25(32)23-15-22(27-30(21)23)19-7-9-20(26)10-8-19/h7-10,15,18,21H,3-6,11-14,16-17H2,1-2H3. The molecule has 0 bridgehead atoms. The highest BCUT2D eigenvalue weighted by Gasteiger charge is 2.35. The molecule has 3 heterocycles. The zero-order chi connectivity index (χ0) is 22.7. The van der Waals surface area contributed by atoms with Crippen LogP contribution in [0, 0.1) is 5.92 Å². The van der Waals surface area contributed by atoms with Crippen LogP contribution in [0.2, 0.25) is 5.02 Å². The Balaban J connectivity index is 1.55.